The van der Waals surface area contributed by atoms with Crippen molar-refractivity contribution >= 4 is 0 Å². The Labute approximate surface area is 78.5 Å². The smallest absolute Gasteiger partial charge is 0.162 e. The lowest BCUT2D eigenvalue weighted by Gasteiger charge is -2.08. The molecule has 0 amide bonds. The zero-order valence-corrected chi connectivity index (χ0v) is 7.54. The maximum atomic E-state index is 5.26. The van der Waals surface area contributed by atoms with Gasteiger partial charge in [-0.1, -0.05) is 12.0 Å². The van der Waals surface area contributed by atoms with E-state index < -0.39 is 0 Å². The van der Waals surface area contributed by atoms with Crippen molar-refractivity contribution in [3.8, 4) is 23.8 Å². The van der Waals surface area contributed by atoms with Crippen molar-refractivity contribution in [2.24, 2.45) is 0 Å². The van der Waals surface area contributed by atoms with E-state index in [-0.39, 0.29) is 6.61 Å². The van der Waals surface area contributed by atoms with Crippen LogP contribution in [0, 0.1) is 19.3 Å². The van der Waals surface area contributed by atoms with Crippen molar-refractivity contribution in [3.05, 3.63) is 30.7 Å². The van der Waals surface area contributed by atoms with Gasteiger partial charge in [-0.3, -0.25) is 0 Å². The first-order valence-electron chi connectivity index (χ1n) is 3.84. The number of benzene rings is 1. The van der Waals surface area contributed by atoms with Crippen molar-refractivity contribution in [3.63, 3.8) is 0 Å². The predicted molar refractivity (Wildman–Crippen MR) is 51.8 cm³/mol. The second-order valence-electron chi connectivity index (χ2n) is 2.48. The van der Waals surface area contributed by atoms with Gasteiger partial charge in [0, 0.05) is 0 Å². The lowest BCUT2D eigenvalue weighted by Crippen LogP contribution is -1.96. The first-order chi connectivity index (χ1) is 6.27. The molecule has 0 atom stereocenters. The number of hydrogen-bond donors (Lipinski definition) is 0. The van der Waals surface area contributed by atoms with E-state index in [1.165, 1.54) is 0 Å². The van der Waals surface area contributed by atoms with Crippen molar-refractivity contribution in [2.75, 3.05) is 13.7 Å². The highest BCUT2D eigenvalue weighted by Gasteiger charge is 2.02. The molecule has 0 aromatic heterocycles. The Bertz CT molecular complexity index is 323. The van der Waals surface area contributed by atoms with Gasteiger partial charge in [-0.25, -0.2) is 0 Å². The molecule has 0 N–H and O–H groups in total. The normalized spacial score (nSPS) is 9.00. The summed E-state index contributed by atoms with van der Waals surface area (Å²) >= 11 is 0. The fraction of sp³-hybridized carbons (Fsp3) is 0.182. The quantitative estimate of drug-likeness (QED) is 0.653. The van der Waals surface area contributed by atoms with Crippen LogP contribution in [-0.2, 0) is 0 Å². The summed E-state index contributed by atoms with van der Waals surface area (Å²) in [7, 11) is 1.58. The topological polar surface area (TPSA) is 18.5 Å². The highest BCUT2D eigenvalue weighted by molar-refractivity contribution is 5.43. The van der Waals surface area contributed by atoms with Crippen LogP contribution in [0.5, 0.6) is 11.5 Å². The number of ether oxygens (including phenoxy) is 2. The monoisotopic (exact) mass is 175 g/mol. The van der Waals surface area contributed by atoms with E-state index in [0.29, 0.717) is 11.5 Å². The van der Waals surface area contributed by atoms with Gasteiger partial charge in [0.25, 0.3) is 0 Å². The van der Waals surface area contributed by atoms with E-state index in [0.717, 1.165) is 5.56 Å². The molecule has 1 aromatic rings. The maximum Gasteiger partial charge on any atom is 0.162 e. The molecule has 67 valence electrons. The van der Waals surface area contributed by atoms with Gasteiger partial charge in [-0.15, -0.1) is 6.42 Å². The Morgan fingerprint density at radius 1 is 1.46 bits per heavy atom. The zero-order valence-electron chi connectivity index (χ0n) is 7.54. The minimum absolute atomic E-state index is 0.236. The molecular weight excluding hydrogens is 164 g/mol. The van der Waals surface area contributed by atoms with Crippen LogP contribution in [0.4, 0.5) is 0 Å². The van der Waals surface area contributed by atoms with Crippen LogP contribution in [0.3, 0.4) is 0 Å². The van der Waals surface area contributed by atoms with Gasteiger partial charge in [0.15, 0.2) is 11.5 Å². The van der Waals surface area contributed by atoms with Crippen molar-refractivity contribution in [1.82, 2.24) is 0 Å². The third-order valence-corrected chi connectivity index (χ3v) is 1.54. The molecule has 0 aliphatic heterocycles. The molecule has 1 radical (unpaired) electrons. The zero-order chi connectivity index (χ0) is 9.68. The summed E-state index contributed by atoms with van der Waals surface area (Å²) in [6, 6.07) is 5.44. The molecule has 0 aliphatic rings. The third kappa shape index (κ3) is 2.41. The second-order valence-corrected chi connectivity index (χ2v) is 2.48. The summed E-state index contributed by atoms with van der Waals surface area (Å²) < 4.78 is 10.3. The SMILES string of the molecule is C#CCOc1cc([CH2])ccc1OC. The molecule has 0 spiro atoms. The van der Waals surface area contributed by atoms with E-state index in [1.54, 1.807) is 19.2 Å². The number of hydrogen-bond acceptors (Lipinski definition) is 2. The van der Waals surface area contributed by atoms with Crippen molar-refractivity contribution in [2.45, 2.75) is 0 Å². The standard InChI is InChI=1S/C11H11O2/c1-4-7-13-11-8-9(2)5-6-10(11)12-3/h1,5-6,8H,2,7H2,3H3. The summed E-state index contributed by atoms with van der Waals surface area (Å²) in [5.41, 5.74) is 0.868. The molecule has 2 heteroatoms. The molecule has 1 rings (SSSR count). The van der Waals surface area contributed by atoms with Gasteiger partial charge < -0.3 is 9.47 Å². The fourth-order valence-corrected chi connectivity index (χ4v) is 0.953. The number of rotatable bonds is 3. The van der Waals surface area contributed by atoms with Gasteiger partial charge in [-0.2, -0.15) is 0 Å². The van der Waals surface area contributed by atoms with Gasteiger partial charge in [0.1, 0.15) is 6.61 Å². The van der Waals surface area contributed by atoms with Gasteiger partial charge >= 0.3 is 0 Å². The average Bonchev–Trinajstić information content (AvgIpc) is 2.15. The van der Waals surface area contributed by atoms with Crippen LogP contribution in [0.15, 0.2) is 18.2 Å². The molecule has 0 fully saturated rings. The summed E-state index contributed by atoms with van der Waals surface area (Å²) in [6.45, 7) is 4.01. The highest BCUT2D eigenvalue weighted by Crippen LogP contribution is 2.27. The Morgan fingerprint density at radius 2 is 2.23 bits per heavy atom. The number of terminal acetylenes is 1. The molecule has 0 heterocycles. The highest BCUT2D eigenvalue weighted by atomic mass is 16.5. The lowest BCUT2D eigenvalue weighted by atomic mass is 10.2. The Morgan fingerprint density at radius 3 is 2.85 bits per heavy atom. The summed E-state index contributed by atoms with van der Waals surface area (Å²) in [4.78, 5) is 0. The third-order valence-electron chi connectivity index (χ3n) is 1.54. The maximum absolute atomic E-state index is 5.26. The van der Waals surface area contributed by atoms with E-state index in [1.807, 2.05) is 6.07 Å². The molecule has 0 unspecified atom stereocenters. The van der Waals surface area contributed by atoms with Crippen LogP contribution in [0.2, 0.25) is 0 Å². The van der Waals surface area contributed by atoms with Crippen LogP contribution < -0.4 is 9.47 Å². The Kier molecular flexibility index (Phi) is 3.22. The average molecular weight is 175 g/mol. The van der Waals surface area contributed by atoms with E-state index in [4.69, 9.17) is 15.9 Å². The van der Waals surface area contributed by atoms with E-state index in [2.05, 4.69) is 12.8 Å². The molecule has 0 saturated carbocycles. The predicted octanol–water partition coefficient (Wildman–Crippen LogP) is 1.89. The molecule has 13 heavy (non-hydrogen) atoms. The van der Waals surface area contributed by atoms with Gasteiger partial charge in [0.2, 0.25) is 0 Å². The molecule has 0 aliphatic carbocycles. The number of methoxy groups -OCH3 is 1. The van der Waals surface area contributed by atoms with Crippen LogP contribution in [0.1, 0.15) is 5.56 Å². The minimum Gasteiger partial charge on any atom is -0.493 e. The van der Waals surface area contributed by atoms with Gasteiger partial charge in [0.05, 0.1) is 7.11 Å². The largest absolute Gasteiger partial charge is 0.493 e. The van der Waals surface area contributed by atoms with Crippen molar-refractivity contribution in [1.29, 1.82) is 0 Å². The summed E-state index contributed by atoms with van der Waals surface area (Å²) in [6.07, 6.45) is 5.07. The van der Waals surface area contributed by atoms with E-state index >= 15 is 0 Å². The van der Waals surface area contributed by atoms with Gasteiger partial charge in [-0.05, 0) is 24.6 Å². The van der Waals surface area contributed by atoms with Crippen LogP contribution in [0.25, 0.3) is 0 Å². The van der Waals surface area contributed by atoms with E-state index in [9.17, 15) is 0 Å². The Hall–Kier alpha value is -1.62. The molecule has 0 bridgehead atoms. The first kappa shape index (κ1) is 9.47. The van der Waals surface area contributed by atoms with Crippen LogP contribution in [-0.4, -0.2) is 13.7 Å². The molecule has 0 saturated heterocycles. The molecular formula is C11H11O2. The van der Waals surface area contributed by atoms with Crippen molar-refractivity contribution < 1.29 is 9.47 Å². The second kappa shape index (κ2) is 4.42. The summed E-state index contributed by atoms with van der Waals surface area (Å²) in [5.74, 6) is 3.69. The molecule has 2 nitrogen and oxygen atoms in total. The van der Waals surface area contributed by atoms with Crippen LogP contribution >= 0.6 is 0 Å². The molecule has 1 aromatic carbocycles. The minimum atomic E-state index is 0.236. The summed E-state index contributed by atoms with van der Waals surface area (Å²) in [5, 5.41) is 0. The lowest BCUT2D eigenvalue weighted by molar-refractivity contribution is 0.331. The first-order valence-corrected chi connectivity index (χ1v) is 3.84. The fourth-order valence-electron chi connectivity index (χ4n) is 0.953. The Balaban J connectivity index is 2.89.